The standard InChI is InChI=1S/C9H6ClFN2O3S/c10-17(14,15)5-8-12-9(13-16-8)6-3-1-2-4-7(6)11/h1-4H,5H2. The largest absolute Gasteiger partial charge is 0.338 e. The summed E-state index contributed by atoms with van der Waals surface area (Å²) >= 11 is 0. The highest BCUT2D eigenvalue weighted by Gasteiger charge is 2.16. The fourth-order valence-corrected chi connectivity index (χ4v) is 1.91. The van der Waals surface area contributed by atoms with Gasteiger partial charge in [-0.05, 0) is 12.1 Å². The summed E-state index contributed by atoms with van der Waals surface area (Å²) in [5, 5.41) is 3.48. The Morgan fingerprint density at radius 3 is 2.71 bits per heavy atom. The van der Waals surface area contributed by atoms with Gasteiger partial charge in [-0.3, -0.25) is 0 Å². The van der Waals surface area contributed by atoms with Crippen LogP contribution in [0.2, 0.25) is 0 Å². The van der Waals surface area contributed by atoms with Crippen LogP contribution in [0.3, 0.4) is 0 Å². The van der Waals surface area contributed by atoms with Gasteiger partial charge in [0.15, 0.2) is 0 Å². The van der Waals surface area contributed by atoms with Gasteiger partial charge >= 0.3 is 0 Å². The molecular weight excluding hydrogens is 271 g/mol. The van der Waals surface area contributed by atoms with Gasteiger partial charge in [0.1, 0.15) is 11.6 Å². The smallest absolute Gasteiger partial charge is 0.243 e. The van der Waals surface area contributed by atoms with E-state index in [0.717, 1.165) is 0 Å². The van der Waals surface area contributed by atoms with Crippen molar-refractivity contribution in [3.05, 3.63) is 36.0 Å². The summed E-state index contributed by atoms with van der Waals surface area (Å²) in [5.41, 5.74) is 0.134. The Morgan fingerprint density at radius 1 is 1.35 bits per heavy atom. The zero-order chi connectivity index (χ0) is 12.5. The predicted molar refractivity (Wildman–Crippen MR) is 58.2 cm³/mol. The second kappa shape index (κ2) is 4.42. The average Bonchev–Trinajstić information content (AvgIpc) is 2.64. The molecule has 0 radical (unpaired) electrons. The van der Waals surface area contributed by atoms with E-state index in [9.17, 15) is 12.8 Å². The number of nitrogens with zero attached hydrogens (tertiary/aromatic N) is 2. The SMILES string of the molecule is O=S(=O)(Cl)Cc1nc(-c2ccccc2F)no1. The van der Waals surface area contributed by atoms with Gasteiger partial charge in [-0.2, -0.15) is 4.98 Å². The van der Waals surface area contributed by atoms with E-state index in [1.54, 1.807) is 6.07 Å². The normalized spacial score (nSPS) is 11.6. The van der Waals surface area contributed by atoms with Crippen LogP contribution in [0, 0.1) is 5.82 Å². The van der Waals surface area contributed by atoms with Crippen LogP contribution in [0.4, 0.5) is 4.39 Å². The van der Waals surface area contributed by atoms with Gasteiger partial charge in [-0.25, -0.2) is 12.8 Å². The maximum Gasteiger partial charge on any atom is 0.243 e. The lowest BCUT2D eigenvalue weighted by molar-refractivity contribution is 0.389. The molecule has 0 spiro atoms. The highest BCUT2D eigenvalue weighted by atomic mass is 35.7. The summed E-state index contributed by atoms with van der Waals surface area (Å²) in [4.78, 5) is 3.75. The van der Waals surface area contributed by atoms with Crippen LogP contribution in [-0.2, 0) is 14.8 Å². The molecule has 1 heterocycles. The maximum atomic E-state index is 13.4. The van der Waals surface area contributed by atoms with Crippen LogP contribution >= 0.6 is 10.7 Å². The lowest BCUT2D eigenvalue weighted by atomic mass is 10.2. The third-order valence-corrected chi connectivity index (χ3v) is 2.80. The quantitative estimate of drug-likeness (QED) is 0.801. The lowest BCUT2D eigenvalue weighted by Gasteiger charge is -1.94. The van der Waals surface area contributed by atoms with Gasteiger partial charge in [-0.1, -0.05) is 17.3 Å². The minimum Gasteiger partial charge on any atom is -0.338 e. The first kappa shape index (κ1) is 12.0. The van der Waals surface area contributed by atoms with Crippen molar-refractivity contribution in [2.24, 2.45) is 0 Å². The molecule has 2 rings (SSSR count). The Hall–Kier alpha value is -1.47. The molecule has 0 N–H and O–H groups in total. The Bertz CT molecular complexity index is 641. The Balaban J connectivity index is 2.34. The van der Waals surface area contributed by atoms with E-state index in [4.69, 9.17) is 10.7 Å². The van der Waals surface area contributed by atoms with E-state index in [2.05, 4.69) is 14.7 Å². The van der Waals surface area contributed by atoms with Crippen LogP contribution in [-0.4, -0.2) is 18.6 Å². The molecule has 90 valence electrons. The average molecular weight is 277 g/mol. The molecule has 0 unspecified atom stereocenters. The van der Waals surface area contributed by atoms with Crippen LogP contribution in [0.1, 0.15) is 5.89 Å². The van der Waals surface area contributed by atoms with Gasteiger partial charge in [0.05, 0.1) is 5.56 Å². The van der Waals surface area contributed by atoms with E-state index in [1.807, 2.05) is 0 Å². The fourth-order valence-electron chi connectivity index (χ4n) is 1.21. The number of halogens is 2. The number of hydrogen-bond donors (Lipinski definition) is 0. The summed E-state index contributed by atoms with van der Waals surface area (Å²) < 4.78 is 39.6. The zero-order valence-electron chi connectivity index (χ0n) is 8.30. The first-order valence-electron chi connectivity index (χ1n) is 4.45. The van der Waals surface area contributed by atoms with Crippen LogP contribution < -0.4 is 0 Å². The predicted octanol–water partition coefficient (Wildman–Crippen LogP) is 1.94. The second-order valence-electron chi connectivity index (χ2n) is 3.17. The van der Waals surface area contributed by atoms with Gasteiger partial charge in [0.2, 0.25) is 20.8 Å². The molecule has 2 aromatic rings. The van der Waals surface area contributed by atoms with Crippen LogP contribution in [0.25, 0.3) is 11.4 Å². The van der Waals surface area contributed by atoms with Crippen LogP contribution in [0.15, 0.2) is 28.8 Å². The van der Waals surface area contributed by atoms with Crippen molar-refractivity contribution in [2.45, 2.75) is 5.75 Å². The van der Waals surface area contributed by atoms with Gasteiger partial charge in [-0.15, -0.1) is 0 Å². The number of rotatable bonds is 3. The van der Waals surface area contributed by atoms with Crippen molar-refractivity contribution >= 4 is 19.7 Å². The summed E-state index contributed by atoms with van der Waals surface area (Å²) in [6.45, 7) is 0. The van der Waals surface area contributed by atoms with Crippen molar-refractivity contribution in [1.29, 1.82) is 0 Å². The summed E-state index contributed by atoms with van der Waals surface area (Å²) in [5.74, 6) is -1.30. The van der Waals surface area contributed by atoms with E-state index in [1.165, 1.54) is 18.2 Å². The molecule has 17 heavy (non-hydrogen) atoms. The first-order chi connectivity index (χ1) is 7.96. The molecule has 0 saturated carbocycles. The van der Waals surface area contributed by atoms with Gasteiger partial charge in [0, 0.05) is 10.7 Å². The molecular formula is C9H6ClFN2O3S. The lowest BCUT2D eigenvalue weighted by Crippen LogP contribution is -1.95. The van der Waals surface area contributed by atoms with E-state index in [-0.39, 0.29) is 17.3 Å². The summed E-state index contributed by atoms with van der Waals surface area (Å²) in [6, 6.07) is 5.82. The third kappa shape index (κ3) is 3.01. The van der Waals surface area contributed by atoms with Crippen molar-refractivity contribution in [2.75, 3.05) is 0 Å². The Labute approximate surface area is 101 Å². The van der Waals surface area contributed by atoms with Crippen molar-refractivity contribution in [3.8, 4) is 11.4 Å². The topological polar surface area (TPSA) is 73.1 Å². The Morgan fingerprint density at radius 2 is 2.06 bits per heavy atom. The fraction of sp³-hybridized carbons (Fsp3) is 0.111. The second-order valence-corrected chi connectivity index (χ2v) is 5.95. The minimum atomic E-state index is -3.77. The van der Waals surface area contributed by atoms with E-state index in [0.29, 0.717) is 0 Å². The molecule has 0 fully saturated rings. The highest BCUT2D eigenvalue weighted by molar-refractivity contribution is 8.13. The molecule has 1 aromatic carbocycles. The maximum absolute atomic E-state index is 13.4. The first-order valence-corrected chi connectivity index (χ1v) is 6.93. The molecule has 0 aliphatic rings. The molecule has 8 heteroatoms. The molecule has 0 aliphatic carbocycles. The summed E-state index contributed by atoms with van der Waals surface area (Å²) in [7, 11) is 1.25. The monoisotopic (exact) mass is 276 g/mol. The molecule has 0 saturated heterocycles. The zero-order valence-corrected chi connectivity index (χ0v) is 9.87. The van der Waals surface area contributed by atoms with Gasteiger partial charge in [0.25, 0.3) is 0 Å². The third-order valence-electron chi connectivity index (χ3n) is 1.88. The Kier molecular flexibility index (Phi) is 3.12. The molecule has 0 atom stereocenters. The van der Waals surface area contributed by atoms with Crippen molar-refractivity contribution < 1.29 is 17.3 Å². The van der Waals surface area contributed by atoms with Crippen LogP contribution in [0.5, 0.6) is 0 Å². The highest BCUT2D eigenvalue weighted by Crippen LogP contribution is 2.20. The van der Waals surface area contributed by atoms with E-state index >= 15 is 0 Å². The number of aromatic nitrogens is 2. The van der Waals surface area contributed by atoms with Gasteiger partial charge < -0.3 is 4.52 Å². The molecule has 0 bridgehead atoms. The number of benzene rings is 1. The molecule has 0 aliphatic heterocycles. The number of hydrogen-bond acceptors (Lipinski definition) is 5. The van der Waals surface area contributed by atoms with E-state index < -0.39 is 20.6 Å². The minimum absolute atomic E-state index is 0.0154. The van der Waals surface area contributed by atoms with Crippen molar-refractivity contribution in [1.82, 2.24) is 10.1 Å². The van der Waals surface area contributed by atoms with Crippen molar-refractivity contribution in [3.63, 3.8) is 0 Å². The molecule has 0 amide bonds. The summed E-state index contributed by atoms with van der Waals surface area (Å²) in [6.07, 6.45) is 0. The molecule has 5 nitrogen and oxygen atoms in total. The molecule has 1 aromatic heterocycles.